The molecule has 2 amide bonds. The Morgan fingerprint density at radius 3 is 2.38 bits per heavy atom. The maximum Gasteiger partial charge on any atom is 0.416 e. The molecule has 3 heterocycles. The smallest absolute Gasteiger partial charge is 0.416 e. The molecule has 3 aromatic heterocycles. The van der Waals surface area contributed by atoms with Crippen molar-refractivity contribution in [3.63, 3.8) is 0 Å². The Balaban J connectivity index is 1.37. The largest absolute Gasteiger partial charge is 0.424 e. The maximum absolute atomic E-state index is 13.6. The average molecular weight is 661 g/mol. The van der Waals surface area contributed by atoms with Crippen molar-refractivity contribution < 1.29 is 35.4 Å². The lowest BCUT2D eigenvalue weighted by molar-refractivity contribution is -0.137. The second-order valence-electron chi connectivity index (χ2n) is 9.12. The van der Waals surface area contributed by atoms with Crippen LogP contribution in [0.15, 0.2) is 85.6 Å². The number of urea groups is 1. The second-order valence-corrected chi connectivity index (χ2v) is 11.1. The number of carbonyl (C=O) groups excluding carboxylic acids is 1. The van der Waals surface area contributed by atoms with Gasteiger partial charge in [-0.1, -0.05) is 23.7 Å². The van der Waals surface area contributed by atoms with Gasteiger partial charge < -0.3 is 15.8 Å². The van der Waals surface area contributed by atoms with E-state index in [9.17, 15) is 26.4 Å². The number of pyridine rings is 1. The van der Waals surface area contributed by atoms with E-state index >= 15 is 0 Å². The van der Waals surface area contributed by atoms with Gasteiger partial charge in [0, 0.05) is 24.2 Å². The molecule has 3 N–H and O–H groups in total. The molecule has 18 heteroatoms. The normalized spacial score (nSPS) is 11.7. The van der Waals surface area contributed by atoms with Gasteiger partial charge in [0.1, 0.15) is 17.3 Å². The van der Waals surface area contributed by atoms with E-state index in [0.29, 0.717) is 34.5 Å². The van der Waals surface area contributed by atoms with Crippen LogP contribution in [-0.4, -0.2) is 45.4 Å². The zero-order chi connectivity index (χ0) is 32.4. The molecule has 0 atom stereocenters. The Kier molecular flexibility index (Phi) is 8.58. The van der Waals surface area contributed by atoms with Crippen molar-refractivity contribution in [1.29, 1.82) is 0 Å². The summed E-state index contributed by atoms with van der Waals surface area (Å²) in [6.07, 6.45) is 2.21. The Labute approximate surface area is 258 Å². The van der Waals surface area contributed by atoms with Crippen molar-refractivity contribution in [3.05, 3.63) is 96.2 Å². The number of rotatable bonds is 8. The summed E-state index contributed by atoms with van der Waals surface area (Å²) in [5.74, 6) is 0.646. The molecule has 0 fully saturated rings. The van der Waals surface area contributed by atoms with Crippen LogP contribution in [0.5, 0.6) is 11.8 Å². The van der Waals surface area contributed by atoms with E-state index in [1.807, 2.05) is 0 Å². The van der Waals surface area contributed by atoms with Crippen LogP contribution >= 0.6 is 11.6 Å². The van der Waals surface area contributed by atoms with Crippen LogP contribution in [0.3, 0.4) is 0 Å². The van der Waals surface area contributed by atoms with Crippen LogP contribution in [0.1, 0.15) is 5.56 Å². The highest BCUT2D eigenvalue weighted by molar-refractivity contribution is 7.86. The molecule has 0 aliphatic heterocycles. The lowest BCUT2D eigenvalue weighted by Crippen LogP contribution is -2.37. The molecule has 5 aromatic rings. The number of hydroxylamine groups is 1. The molecule has 2 aromatic carbocycles. The summed E-state index contributed by atoms with van der Waals surface area (Å²) in [6, 6.07) is 10.8. The fourth-order valence-electron chi connectivity index (χ4n) is 3.88. The Morgan fingerprint density at radius 1 is 1.04 bits per heavy atom. The minimum absolute atomic E-state index is 0.0682. The highest BCUT2D eigenvalue weighted by atomic mass is 35.5. The molecular weight excluding hydrogens is 641 g/mol. The third-order valence-electron chi connectivity index (χ3n) is 5.81. The molecule has 5 rings (SSSR count). The van der Waals surface area contributed by atoms with E-state index in [0.717, 1.165) is 34.8 Å². The third-order valence-corrected chi connectivity index (χ3v) is 6.43. The number of halogens is 4. The van der Waals surface area contributed by atoms with Crippen LogP contribution < -0.4 is 20.9 Å². The molecule has 0 saturated carbocycles. The minimum Gasteiger partial charge on any atom is -0.424 e. The number of aromatic nitrogens is 5. The number of carbonyl (C=O) groups is 1. The molecule has 45 heavy (non-hydrogen) atoms. The Bertz CT molecular complexity index is 1940. The van der Waals surface area contributed by atoms with Gasteiger partial charge in [-0.15, -0.1) is 9.35 Å². The summed E-state index contributed by atoms with van der Waals surface area (Å²) in [5, 5.41) is 6.83. The van der Waals surface area contributed by atoms with E-state index in [4.69, 9.17) is 26.4 Å². The number of ether oxygens (including phenoxy) is 1. The molecule has 0 aliphatic rings. The number of benzene rings is 2. The van der Waals surface area contributed by atoms with E-state index in [-0.39, 0.29) is 22.4 Å². The first-order chi connectivity index (χ1) is 21.3. The van der Waals surface area contributed by atoms with Gasteiger partial charge in [0.05, 0.1) is 40.6 Å². The molecule has 0 unspecified atom stereocenters. The number of nitrogens with zero attached hydrogens (tertiary/aromatic N) is 6. The molecule has 13 nitrogen and oxygen atoms in total. The number of nitrogens with one attached hydrogen (secondary N) is 1. The number of anilines is 3. The van der Waals surface area contributed by atoms with Crippen molar-refractivity contribution in [2.24, 2.45) is 0 Å². The lowest BCUT2D eigenvalue weighted by Gasteiger charge is -2.24. The highest BCUT2D eigenvalue weighted by Crippen LogP contribution is 2.36. The molecule has 0 aliphatic carbocycles. The van der Waals surface area contributed by atoms with Crippen molar-refractivity contribution in [1.82, 2.24) is 24.7 Å². The van der Waals surface area contributed by atoms with Gasteiger partial charge in [0.25, 0.3) is 10.1 Å². The van der Waals surface area contributed by atoms with Gasteiger partial charge in [-0.05, 0) is 48.0 Å². The topological polar surface area (TPSA) is 167 Å². The first-order valence-corrected chi connectivity index (χ1v) is 14.7. The lowest BCUT2D eigenvalue weighted by atomic mass is 10.1. The predicted octanol–water partition coefficient (Wildman–Crippen LogP) is 5.70. The SMILES string of the molecule is CS(=O)(=O)ON(C(=O)Nc1cnc(Oc2ccc(-c3cc(Cl)cnc3N)cc2)nc1)c1cc(C(F)(F)F)ccc1-n1cccn1. The van der Waals surface area contributed by atoms with Crippen LogP contribution in [0, 0.1) is 0 Å². The van der Waals surface area contributed by atoms with E-state index in [1.54, 1.807) is 30.3 Å². The van der Waals surface area contributed by atoms with Gasteiger partial charge in [0.2, 0.25) is 0 Å². The molecule has 232 valence electrons. The number of amides is 2. The van der Waals surface area contributed by atoms with Gasteiger partial charge >= 0.3 is 18.2 Å². The number of nitrogens with two attached hydrogens (primary N) is 1. The monoisotopic (exact) mass is 660 g/mol. The standard InChI is InChI=1S/C27H20ClF3N8O5S/c1-45(41,42)44-39(23-11-17(27(29,30)31)5-8-22(23)38-10-2-9-36-38)26(40)37-19-14-34-25(35-15-19)43-20-6-3-16(4-7-20)21-12-18(28)13-33-24(21)32/h2-15H,1H3,(H2,32,33)(H,37,40). The molecular formula is C27H20ClF3N8O5S. The quantitative estimate of drug-likeness (QED) is 0.197. The number of nitrogen functional groups attached to an aromatic ring is 1. The number of hydrogen-bond acceptors (Lipinski definition) is 10. The fraction of sp³-hybridized carbons (Fsp3) is 0.0741. The fourth-order valence-corrected chi connectivity index (χ4v) is 4.46. The highest BCUT2D eigenvalue weighted by Gasteiger charge is 2.34. The maximum atomic E-state index is 13.6. The van der Waals surface area contributed by atoms with E-state index in [1.165, 1.54) is 24.7 Å². The summed E-state index contributed by atoms with van der Waals surface area (Å²) in [7, 11) is -4.42. The van der Waals surface area contributed by atoms with E-state index < -0.39 is 33.6 Å². The summed E-state index contributed by atoms with van der Waals surface area (Å²) in [5.41, 5.74) is 5.38. The Morgan fingerprint density at radius 2 is 1.76 bits per heavy atom. The molecule has 0 bridgehead atoms. The van der Waals surface area contributed by atoms with Crippen molar-refractivity contribution in [3.8, 4) is 28.6 Å². The van der Waals surface area contributed by atoms with E-state index in [2.05, 4.69) is 25.4 Å². The first-order valence-electron chi connectivity index (χ1n) is 12.5. The molecule has 0 radical (unpaired) electrons. The molecule has 0 spiro atoms. The number of hydrogen-bond donors (Lipinski definition) is 2. The van der Waals surface area contributed by atoms with Crippen LogP contribution in [-0.2, 0) is 20.6 Å². The zero-order valence-electron chi connectivity index (χ0n) is 22.8. The summed E-state index contributed by atoms with van der Waals surface area (Å²) < 4.78 is 76.4. The minimum atomic E-state index is -4.82. The second kappa shape index (κ2) is 12.4. The van der Waals surface area contributed by atoms with Crippen LogP contribution in [0.2, 0.25) is 5.02 Å². The van der Waals surface area contributed by atoms with Crippen molar-refractivity contribution in [2.45, 2.75) is 6.18 Å². The summed E-state index contributed by atoms with van der Waals surface area (Å²) >= 11 is 6.01. The molecule has 0 saturated heterocycles. The first kappa shape index (κ1) is 31.2. The van der Waals surface area contributed by atoms with Crippen LogP contribution in [0.4, 0.5) is 35.2 Å². The van der Waals surface area contributed by atoms with Crippen molar-refractivity contribution >= 4 is 44.9 Å². The van der Waals surface area contributed by atoms with Crippen molar-refractivity contribution in [2.75, 3.05) is 22.4 Å². The Hall–Kier alpha value is -5.26. The van der Waals surface area contributed by atoms with Gasteiger partial charge in [0.15, 0.2) is 0 Å². The van der Waals surface area contributed by atoms with Gasteiger partial charge in [-0.3, -0.25) is 0 Å². The third kappa shape index (κ3) is 7.64. The van der Waals surface area contributed by atoms with Crippen LogP contribution in [0.25, 0.3) is 16.8 Å². The average Bonchev–Trinajstić information content (AvgIpc) is 3.52. The summed E-state index contributed by atoms with van der Waals surface area (Å²) in [4.78, 5) is 25.3. The van der Waals surface area contributed by atoms with Gasteiger partial charge in [-0.2, -0.15) is 26.7 Å². The van der Waals surface area contributed by atoms with Gasteiger partial charge in [-0.25, -0.2) is 24.4 Å². The number of alkyl halides is 3. The predicted molar refractivity (Wildman–Crippen MR) is 157 cm³/mol. The zero-order valence-corrected chi connectivity index (χ0v) is 24.4. The summed E-state index contributed by atoms with van der Waals surface area (Å²) in [6.45, 7) is 0.